The summed E-state index contributed by atoms with van der Waals surface area (Å²) in [4.78, 5) is 2.79. The topological polar surface area (TPSA) is 15.3 Å². The zero-order valence-corrected chi connectivity index (χ0v) is 12.8. The summed E-state index contributed by atoms with van der Waals surface area (Å²) in [6, 6.07) is 1.71. The molecule has 0 aromatic carbocycles. The Balaban J connectivity index is 1.62. The van der Waals surface area contributed by atoms with Crippen LogP contribution in [0, 0.1) is 5.41 Å². The lowest BCUT2D eigenvalue weighted by atomic mass is 9.79. The van der Waals surface area contributed by atoms with Gasteiger partial charge in [0, 0.05) is 25.2 Å². The smallest absolute Gasteiger partial charge is 0.00684 e. The third kappa shape index (κ3) is 3.72. The van der Waals surface area contributed by atoms with Gasteiger partial charge in [-0.05, 0) is 57.4 Å². The molecule has 2 saturated carbocycles. The molecule has 3 rings (SSSR count). The van der Waals surface area contributed by atoms with E-state index >= 15 is 0 Å². The van der Waals surface area contributed by atoms with Gasteiger partial charge in [0.2, 0.25) is 0 Å². The molecule has 0 amide bonds. The molecule has 3 fully saturated rings. The minimum atomic E-state index is 0.595. The van der Waals surface area contributed by atoms with Crippen molar-refractivity contribution in [2.24, 2.45) is 5.41 Å². The minimum absolute atomic E-state index is 0.595. The van der Waals surface area contributed by atoms with Crippen LogP contribution < -0.4 is 5.32 Å². The number of hydrogen-bond acceptors (Lipinski definition) is 2. The van der Waals surface area contributed by atoms with Crippen LogP contribution in [0.5, 0.6) is 0 Å². The highest BCUT2D eigenvalue weighted by Crippen LogP contribution is 2.37. The summed E-state index contributed by atoms with van der Waals surface area (Å²) in [7, 11) is 0. The Morgan fingerprint density at radius 3 is 2.32 bits per heavy atom. The first kappa shape index (κ1) is 13.9. The van der Waals surface area contributed by atoms with E-state index in [0.717, 1.165) is 12.1 Å². The fourth-order valence-corrected chi connectivity index (χ4v) is 4.18. The molecule has 0 spiro atoms. The molecular formula is C17H32N2. The van der Waals surface area contributed by atoms with Crippen LogP contribution in [0.2, 0.25) is 0 Å². The third-order valence-corrected chi connectivity index (χ3v) is 5.74. The van der Waals surface area contributed by atoms with Crippen LogP contribution in [-0.2, 0) is 0 Å². The van der Waals surface area contributed by atoms with Crippen molar-refractivity contribution >= 4 is 0 Å². The van der Waals surface area contributed by atoms with Gasteiger partial charge >= 0.3 is 0 Å². The Morgan fingerprint density at radius 2 is 1.74 bits per heavy atom. The monoisotopic (exact) mass is 264 g/mol. The van der Waals surface area contributed by atoms with Crippen LogP contribution in [0.25, 0.3) is 0 Å². The van der Waals surface area contributed by atoms with Gasteiger partial charge in [0.15, 0.2) is 0 Å². The second-order valence-corrected chi connectivity index (χ2v) is 7.53. The molecule has 1 atom stereocenters. The van der Waals surface area contributed by atoms with Gasteiger partial charge < -0.3 is 10.2 Å². The molecular weight excluding hydrogens is 232 g/mol. The largest absolute Gasteiger partial charge is 0.313 e. The molecule has 0 bridgehead atoms. The molecule has 2 heteroatoms. The lowest BCUT2D eigenvalue weighted by molar-refractivity contribution is 0.122. The van der Waals surface area contributed by atoms with E-state index in [4.69, 9.17) is 0 Å². The van der Waals surface area contributed by atoms with Crippen molar-refractivity contribution in [1.29, 1.82) is 0 Å². The van der Waals surface area contributed by atoms with E-state index in [1.165, 1.54) is 83.8 Å². The Hall–Kier alpha value is -0.0800. The van der Waals surface area contributed by atoms with E-state index in [9.17, 15) is 0 Å². The maximum atomic E-state index is 3.86. The molecule has 110 valence electrons. The summed E-state index contributed by atoms with van der Waals surface area (Å²) in [5, 5.41) is 3.86. The zero-order chi connectivity index (χ0) is 13.1. The maximum absolute atomic E-state index is 3.86. The van der Waals surface area contributed by atoms with Gasteiger partial charge in [-0.1, -0.05) is 25.7 Å². The summed E-state index contributed by atoms with van der Waals surface area (Å²) < 4.78 is 0. The number of nitrogens with one attached hydrogen (secondary N) is 1. The molecule has 1 heterocycles. The molecule has 2 nitrogen and oxygen atoms in total. The van der Waals surface area contributed by atoms with Crippen LogP contribution >= 0.6 is 0 Å². The van der Waals surface area contributed by atoms with Crippen LogP contribution in [0.4, 0.5) is 0 Å². The Kier molecular flexibility index (Phi) is 4.48. The average molecular weight is 264 g/mol. The average Bonchev–Trinajstić information content (AvgIpc) is 3.18. The third-order valence-electron chi connectivity index (χ3n) is 5.74. The van der Waals surface area contributed by atoms with E-state index in [1.54, 1.807) is 0 Å². The van der Waals surface area contributed by atoms with Crippen molar-refractivity contribution in [3.05, 3.63) is 0 Å². The van der Waals surface area contributed by atoms with E-state index < -0.39 is 0 Å². The van der Waals surface area contributed by atoms with Gasteiger partial charge in [-0.15, -0.1) is 0 Å². The van der Waals surface area contributed by atoms with E-state index in [2.05, 4.69) is 17.1 Å². The van der Waals surface area contributed by atoms with Gasteiger partial charge in [-0.25, -0.2) is 0 Å². The summed E-state index contributed by atoms with van der Waals surface area (Å²) in [5.41, 5.74) is 0.595. The minimum Gasteiger partial charge on any atom is -0.313 e. The van der Waals surface area contributed by atoms with Crippen molar-refractivity contribution in [3.63, 3.8) is 0 Å². The summed E-state index contributed by atoms with van der Waals surface area (Å²) in [5.74, 6) is 0. The molecule has 1 aliphatic heterocycles. The maximum Gasteiger partial charge on any atom is 0.00684 e. The molecule has 1 saturated heterocycles. The molecule has 0 radical (unpaired) electrons. The fourth-order valence-electron chi connectivity index (χ4n) is 4.18. The van der Waals surface area contributed by atoms with E-state index in [0.29, 0.717) is 5.41 Å². The predicted octanol–water partition coefficient (Wildman–Crippen LogP) is 3.56. The van der Waals surface area contributed by atoms with E-state index in [-0.39, 0.29) is 0 Å². The lowest BCUT2D eigenvalue weighted by Gasteiger charge is -2.38. The lowest BCUT2D eigenvalue weighted by Crippen LogP contribution is -2.45. The molecule has 2 aliphatic carbocycles. The van der Waals surface area contributed by atoms with Gasteiger partial charge in [0.1, 0.15) is 0 Å². The Labute approximate surface area is 119 Å². The summed E-state index contributed by atoms with van der Waals surface area (Å²) in [6.07, 6.45) is 14.5. The van der Waals surface area contributed by atoms with Crippen LogP contribution in [0.1, 0.15) is 71.1 Å². The molecule has 1 unspecified atom stereocenters. The number of likely N-dealkylation sites (tertiary alicyclic amines) is 1. The van der Waals surface area contributed by atoms with Gasteiger partial charge in [0.05, 0.1) is 0 Å². The highest BCUT2D eigenvalue weighted by atomic mass is 15.2. The highest BCUT2D eigenvalue weighted by Gasteiger charge is 2.36. The molecule has 0 aromatic rings. The predicted molar refractivity (Wildman–Crippen MR) is 81.4 cm³/mol. The Morgan fingerprint density at radius 1 is 1.00 bits per heavy atom. The standard InChI is InChI=1S/C17H32N2/c1-15-7-6-12-19(15)14-17(13-18-16-8-9-16)10-4-2-3-5-11-17/h15-16,18H,2-14H2,1H3. The first-order chi connectivity index (χ1) is 9.27. The van der Waals surface area contributed by atoms with Crippen LogP contribution in [-0.4, -0.2) is 36.6 Å². The molecule has 0 aromatic heterocycles. The second-order valence-electron chi connectivity index (χ2n) is 7.53. The fraction of sp³-hybridized carbons (Fsp3) is 1.00. The normalized spacial score (nSPS) is 32.4. The summed E-state index contributed by atoms with van der Waals surface area (Å²) in [6.45, 7) is 6.45. The Bertz CT molecular complexity index is 277. The highest BCUT2D eigenvalue weighted by molar-refractivity contribution is 4.92. The first-order valence-electron chi connectivity index (χ1n) is 8.75. The SMILES string of the molecule is CC1CCCN1CC1(CNC2CC2)CCCCCC1. The second kappa shape index (κ2) is 6.13. The van der Waals surface area contributed by atoms with Crippen molar-refractivity contribution in [2.75, 3.05) is 19.6 Å². The molecule has 3 aliphatic rings. The van der Waals surface area contributed by atoms with Gasteiger partial charge in [-0.3, -0.25) is 0 Å². The van der Waals surface area contributed by atoms with Crippen molar-refractivity contribution in [1.82, 2.24) is 10.2 Å². The summed E-state index contributed by atoms with van der Waals surface area (Å²) >= 11 is 0. The molecule has 1 N–H and O–H groups in total. The van der Waals surface area contributed by atoms with Gasteiger partial charge in [0.25, 0.3) is 0 Å². The van der Waals surface area contributed by atoms with Crippen molar-refractivity contribution < 1.29 is 0 Å². The van der Waals surface area contributed by atoms with Gasteiger partial charge in [-0.2, -0.15) is 0 Å². The number of nitrogens with zero attached hydrogens (tertiary/aromatic N) is 1. The molecule has 19 heavy (non-hydrogen) atoms. The van der Waals surface area contributed by atoms with E-state index in [1.807, 2.05) is 0 Å². The van der Waals surface area contributed by atoms with Crippen LogP contribution in [0.15, 0.2) is 0 Å². The number of hydrogen-bond donors (Lipinski definition) is 1. The first-order valence-corrected chi connectivity index (χ1v) is 8.75. The van der Waals surface area contributed by atoms with Crippen molar-refractivity contribution in [2.45, 2.75) is 83.2 Å². The zero-order valence-electron chi connectivity index (χ0n) is 12.8. The quantitative estimate of drug-likeness (QED) is 0.764. The van der Waals surface area contributed by atoms with Crippen molar-refractivity contribution in [3.8, 4) is 0 Å². The van der Waals surface area contributed by atoms with Crippen LogP contribution in [0.3, 0.4) is 0 Å². The number of rotatable bonds is 5.